The molecule has 2 aliphatic heterocycles. The van der Waals surface area contributed by atoms with Crippen LogP contribution in [0.5, 0.6) is 0 Å². The summed E-state index contributed by atoms with van der Waals surface area (Å²) in [6.45, 7) is 3.34. The molecule has 7 rings (SSSR count). The zero-order valence-electron chi connectivity index (χ0n) is 23.1. The molecular weight excluding hydrogens is 529 g/mol. The molecular formula is C31H32FN3O6. The van der Waals surface area contributed by atoms with Gasteiger partial charge in [0.2, 0.25) is 5.91 Å². The minimum absolute atomic E-state index is 0.0277. The van der Waals surface area contributed by atoms with Crippen LogP contribution in [0.2, 0.25) is 0 Å². The van der Waals surface area contributed by atoms with Crippen LogP contribution < -0.4 is 10.9 Å². The molecule has 4 heterocycles. The number of aryl methyl sites for hydroxylation is 1. The molecule has 0 spiro atoms. The Kier molecular flexibility index (Phi) is 5.89. The number of carbonyl (C=O) groups excluding carboxylic acids is 2. The molecule has 2 aliphatic carbocycles. The van der Waals surface area contributed by atoms with Crippen LogP contribution in [-0.4, -0.2) is 37.7 Å². The number of aliphatic hydroxyl groups excluding tert-OH is 1. The molecule has 0 radical (unpaired) electrons. The third-order valence-corrected chi connectivity index (χ3v) is 9.76. The number of ether oxygens (including phenoxy) is 1. The van der Waals surface area contributed by atoms with Gasteiger partial charge in [0.15, 0.2) is 5.60 Å². The van der Waals surface area contributed by atoms with E-state index in [0.717, 1.165) is 34.9 Å². The summed E-state index contributed by atoms with van der Waals surface area (Å²) >= 11 is 0. The zero-order valence-corrected chi connectivity index (χ0v) is 23.1. The molecule has 4 atom stereocenters. The summed E-state index contributed by atoms with van der Waals surface area (Å²) in [5, 5.41) is 25.7. The van der Waals surface area contributed by atoms with Gasteiger partial charge in [-0.2, -0.15) is 0 Å². The lowest BCUT2D eigenvalue weighted by Gasteiger charge is -2.32. The fourth-order valence-electron chi connectivity index (χ4n) is 7.39. The molecule has 4 aliphatic rings. The number of hydrogen-bond acceptors (Lipinski definition) is 7. The second kappa shape index (κ2) is 9.19. The maximum atomic E-state index is 15.1. The molecule has 0 saturated heterocycles. The largest absolute Gasteiger partial charge is 0.458 e. The van der Waals surface area contributed by atoms with Gasteiger partial charge in [-0.05, 0) is 61.8 Å². The first-order valence-electron chi connectivity index (χ1n) is 14.4. The van der Waals surface area contributed by atoms with E-state index < -0.39 is 29.6 Å². The molecule has 2 aromatic heterocycles. The Morgan fingerprint density at radius 2 is 1.98 bits per heavy atom. The lowest BCUT2D eigenvalue weighted by molar-refractivity contribution is -0.172. The van der Waals surface area contributed by atoms with E-state index in [4.69, 9.17) is 9.72 Å². The van der Waals surface area contributed by atoms with E-state index in [1.165, 1.54) is 6.07 Å². The van der Waals surface area contributed by atoms with E-state index in [0.29, 0.717) is 48.2 Å². The highest BCUT2D eigenvalue weighted by Gasteiger charge is 2.46. The van der Waals surface area contributed by atoms with Crippen molar-refractivity contribution >= 4 is 22.8 Å². The van der Waals surface area contributed by atoms with E-state index in [9.17, 15) is 24.6 Å². The SMILES string of the molecule is CC[C@@]1(O)C(=O)OCc2c1cc1n(c2=O)Cc2c-1nc1cc(F)c(C)c3c1c2[C@@H](NC(=O)C1CCCCC1O)CC3. The first-order chi connectivity index (χ1) is 19.6. The monoisotopic (exact) mass is 561 g/mol. The molecule has 9 nitrogen and oxygen atoms in total. The first-order valence-corrected chi connectivity index (χ1v) is 14.4. The number of hydrogen-bond donors (Lipinski definition) is 3. The van der Waals surface area contributed by atoms with Gasteiger partial charge >= 0.3 is 5.97 Å². The van der Waals surface area contributed by atoms with E-state index in [1.807, 2.05) is 0 Å². The summed E-state index contributed by atoms with van der Waals surface area (Å²) in [6.07, 6.45) is 3.43. The summed E-state index contributed by atoms with van der Waals surface area (Å²) in [5.41, 5.74) is 2.39. The van der Waals surface area contributed by atoms with Crippen molar-refractivity contribution in [2.24, 2.45) is 5.92 Å². The van der Waals surface area contributed by atoms with Gasteiger partial charge in [-0.25, -0.2) is 14.2 Å². The van der Waals surface area contributed by atoms with Gasteiger partial charge in [0.1, 0.15) is 12.4 Å². The fraction of sp³-hybridized carbons (Fsp3) is 0.484. The van der Waals surface area contributed by atoms with Gasteiger partial charge in [0.05, 0.1) is 47.1 Å². The Morgan fingerprint density at radius 3 is 2.73 bits per heavy atom. The van der Waals surface area contributed by atoms with Crippen LogP contribution in [0.25, 0.3) is 22.3 Å². The Labute approximate surface area is 235 Å². The minimum Gasteiger partial charge on any atom is -0.458 e. The summed E-state index contributed by atoms with van der Waals surface area (Å²) in [5.74, 6) is -1.86. The molecule has 1 amide bonds. The molecule has 1 fully saturated rings. The predicted molar refractivity (Wildman–Crippen MR) is 146 cm³/mol. The summed E-state index contributed by atoms with van der Waals surface area (Å²) in [4.78, 5) is 44.6. The number of amides is 1. The molecule has 3 N–H and O–H groups in total. The first kappa shape index (κ1) is 26.3. The van der Waals surface area contributed by atoms with E-state index >= 15 is 4.39 Å². The normalized spacial score (nSPS) is 26.3. The smallest absolute Gasteiger partial charge is 0.343 e. The Bertz CT molecular complexity index is 1730. The maximum absolute atomic E-state index is 15.1. The third kappa shape index (κ3) is 3.66. The van der Waals surface area contributed by atoms with Crippen LogP contribution in [0.1, 0.15) is 84.9 Å². The zero-order chi connectivity index (χ0) is 28.8. The number of benzene rings is 1. The molecule has 3 aromatic rings. The molecule has 1 saturated carbocycles. The number of nitrogens with zero attached hydrogens (tertiary/aromatic N) is 2. The number of esters is 1. The summed E-state index contributed by atoms with van der Waals surface area (Å²) in [7, 11) is 0. The van der Waals surface area contributed by atoms with Crippen LogP contribution >= 0.6 is 0 Å². The van der Waals surface area contributed by atoms with Crippen LogP contribution in [0, 0.1) is 18.7 Å². The number of halogens is 1. The van der Waals surface area contributed by atoms with Crippen molar-refractivity contribution in [2.45, 2.75) is 89.7 Å². The number of aliphatic hydroxyl groups is 2. The lowest BCUT2D eigenvalue weighted by atomic mass is 9.80. The number of fused-ring (bicyclic) bond motifs is 5. The summed E-state index contributed by atoms with van der Waals surface area (Å²) < 4.78 is 21.8. The maximum Gasteiger partial charge on any atom is 0.343 e. The standard InChI is InChI=1S/C31H32FN3O6/c1-3-31(40)19-10-23-27-17(12-35(23)29(38)18(19)13-41-30(31)39)26-21(34-28(37)16-6-4-5-7-24(16)36)9-8-15-14(2)20(32)11-22(33-27)25(15)26/h10-11,16,21,24,36,40H,3-9,12-13H2,1-2H3,(H,34,37)/t16?,21-,24?,31-/m0/s1. The van der Waals surface area contributed by atoms with Gasteiger partial charge in [-0.1, -0.05) is 19.8 Å². The predicted octanol–water partition coefficient (Wildman–Crippen LogP) is 3.18. The number of aromatic nitrogens is 2. The topological polar surface area (TPSA) is 131 Å². The van der Waals surface area contributed by atoms with Gasteiger partial charge < -0.3 is 24.8 Å². The van der Waals surface area contributed by atoms with Gasteiger partial charge in [-0.15, -0.1) is 0 Å². The quantitative estimate of drug-likeness (QED) is 0.328. The van der Waals surface area contributed by atoms with Crippen molar-refractivity contribution in [3.63, 3.8) is 0 Å². The van der Waals surface area contributed by atoms with Crippen molar-refractivity contribution in [3.8, 4) is 11.4 Å². The second-order valence-corrected chi connectivity index (χ2v) is 11.9. The number of carbonyl (C=O) groups is 2. The Balaban J connectivity index is 1.43. The minimum atomic E-state index is -1.95. The summed E-state index contributed by atoms with van der Waals surface area (Å²) in [6, 6.07) is 2.62. The number of nitrogens with one attached hydrogen (secondary N) is 1. The van der Waals surface area contributed by atoms with Gasteiger partial charge in [-0.3, -0.25) is 9.59 Å². The molecule has 2 unspecified atom stereocenters. The Morgan fingerprint density at radius 1 is 1.20 bits per heavy atom. The van der Waals surface area contributed by atoms with Crippen molar-refractivity contribution in [1.82, 2.24) is 14.9 Å². The van der Waals surface area contributed by atoms with Crippen LogP contribution in [0.4, 0.5) is 4.39 Å². The highest BCUT2D eigenvalue weighted by molar-refractivity contribution is 5.94. The van der Waals surface area contributed by atoms with Crippen LogP contribution in [0.3, 0.4) is 0 Å². The van der Waals surface area contributed by atoms with Crippen molar-refractivity contribution < 1.29 is 28.9 Å². The van der Waals surface area contributed by atoms with E-state index in [2.05, 4.69) is 5.32 Å². The molecule has 1 aromatic carbocycles. The van der Waals surface area contributed by atoms with Crippen molar-refractivity contribution in [3.05, 3.63) is 61.7 Å². The Hall–Kier alpha value is -3.63. The van der Waals surface area contributed by atoms with Gasteiger partial charge in [0, 0.05) is 22.6 Å². The van der Waals surface area contributed by atoms with Crippen molar-refractivity contribution in [1.29, 1.82) is 0 Å². The molecule has 214 valence electrons. The molecule has 41 heavy (non-hydrogen) atoms. The lowest BCUT2D eigenvalue weighted by Crippen LogP contribution is -2.44. The van der Waals surface area contributed by atoms with E-state index in [-0.39, 0.29) is 48.0 Å². The van der Waals surface area contributed by atoms with Crippen LogP contribution in [0.15, 0.2) is 16.9 Å². The highest BCUT2D eigenvalue weighted by Crippen LogP contribution is 2.46. The van der Waals surface area contributed by atoms with Gasteiger partial charge in [0.25, 0.3) is 5.56 Å². The number of rotatable bonds is 3. The number of pyridine rings is 2. The second-order valence-electron chi connectivity index (χ2n) is 11.9. The average molecular weight is 562 g/mol. The van der Waals surface area contributed by atoms with Crippen molar-refractivity contribution in [2.75, 3.05) is 0 Å². The number of cyclic esters (lactones) is 1. The fourth-order valence-corrected chi connectivity index (χ4v) is 7.39. The highest BCUT2D eigenvalue weighted by atomic mass is 19.1. The molecule has 10 heteroatoms. The van der Waals surface area contributed by atoms with Crippen LogP contribution in [-0.2, 0) is 39.5 Å². The third-order valence-electron chi connectivity index (χ3n) is 9.76. The molecule has 0 bridgehead atoms. The van der Waals surface area contributed by atoms with E-state index in [1.54, 1.807) is 24.5 Å². The average Bonchev–Trinajstić information content (AvgIpc) is 3.33.